The number of hydrogen-bond acceptors (Lipinski definition) is 2. The molecule has 1 heterocycles. The lowest BCUT2D eigenvalue weighted by atomic mass is 10.1. The average Bonchev–Trinajstić information content (AvgIpc) is 1.89. The fraction of sp³-hybridized carbons (Fsp3) is 0.333. The molecule has 0 aromatic heterocycles. The van der Waals surface area contributed by atoms with Gasteiger partial charge < -0.3 is 5.11 Å². The molecule has 0 fully saturated rings. The maximum atomic E-state index is 10.4. The normalized spacial score (nSPS) is 30.5. The van der Waals surface area contributed by atoms with Gasteiger partial charge in [-0.3, -0.25) is 4.99 Å². The van der Waals surface area contributed by atoms with Crippen LogP contribution in [0.2, 0.25) is 0 Å². The molecule has 3 nitrogen and oxygen atoms in total. The first-order valence-electron chi connectivity index (χ1n) is 2.75. The lowest BCUT2D eigenvalue weighted by Gasteiger charge is -2.16. The quantitative estimate of drug-likeness (QED) is 0.573. The number of aliphatic imine (C=N–C) groups is 1. The van der Waals surface area contributed by atoms with E-state index in [1.807, 2.05) is 0 Å². The van der Waals surface area contributed by atoms with E-state index < -0.39 is 10.8 Å². The zero-order valence-electron chi connectivity index (χ0n) is 5.12. The summed E-state index contributed by atoms with van der Waals surface area (Å²) in [6.45, 7) is 0.111. The van der Waals surface area contributed by atoms with Gasteiger partial charge in [-0.25, -0.2) is 4.79 Å². The maximum Gasteiger partial charge on any atom is 0.330 e. The molecular weight excluding hydrogens is 154 g/mol. The molecule has 1 atom stereocenters. The van der Waals surface area contributed by atoms with E-state index >= 15 is 0 Å². The number of halogens is 1. The molecule has 1 N–H and O–H groups in total. The number of aliphatic carboxylic acids is 1. The van der Waals surface area contributed by atoms with Crippen molar-refractivity contribution in [1.82, 2.24) is 0 Å². The van der Waals surface area contributed by atoms with Crippen molar-refractivity contribution < 1.29 is 9.90 Å². The smallest absolute Gasteiger partial charge is 0.330 e. The van der Waals surface area contributed by atoms with Crippen molar-refractivity contribution in [3.63, 3.8) is 0 Å². The van der Waals surface area contributed by atoms with E-state index in [1.54, 1.807) is 0 Å². The largest absolute Gasteiger partial charge is 0.480 e. The van der Waals surface area contributed by atoms with Crippen molar-refractivity contribution in [2.45, 2.75) is 4.87 Å². The summed E-state index contributed by atoms with van der Waals surface area (Å²) in [5.41, 5.74) is 0. The fourth-order valence-corrected chi connectivity index (χ4v) is 0.775. The highest BCUT2D eigenvalue weighted by atomic mass is 35.5. The van der Waals surface area contributed by atoms with E-state index in [2.05, 4.69) is 4.99 Å². The first-order valence-corrected chi connectivity index (χ1v) is 3.13. The Balaban J connectivity index is 2.80. The van der Waals surface area contributed by atoms with E-state index in [0.29, 0.717) is 0 Å². The van der Waals surface area contributed by atoms with Gasteiger partial charge in [0.1, 0.15) is 0 Å². The first kappa shape index (κ1) is 7.28. The van der Waals surface area contributed by atoms with Crippen molar-refractivity contribution in [2.75, 3.05) is 6.54 Å². The van der Waals surface area contributed by atoms with E-state index in [-0.39, 0.29) is 6.54 Å². The molecule has 0 radical (unpaired) electrons. The molecule has 1 aliphatic heterocycles. The van der Waals surface area contributed by atoms with Gasteiger partial charge in [-0.05, 0) is 12.2 Å². The predicted molar refractivity (Wildman–Crippen MR) is 38.7 cm³/mol. The van der Waals surface area contributed by atoms with Gasteiger partial charge in [0, 0.05) is 6.21 Å². The van der Waals surface area contributed by atoms with Gasteiger partial charge in [-0.2, -0.15) is 0 Å². The average molecular weight is 160 g/mol. The number of rotatable bonds is 1. The highest BCUT2D eigenvalue weighted by Crippen LogP contribution is 2.19. The zero-order valence-corrected chi connectivity index (χ0v) is 5.88. The summed E-state index contributed by atoms with van der Waals surface area (Å²) in [7, 11) is 0. The Morgan fingerprint density at radius 3 is 2.80 bits per heavy atom. The van der Waals surface area contributed by atoms with Crippen molar-refractivity contribution >= 4 is 23.8 Å². The number of carboxylic acid groups (broad SMARTS) is 1. The molecule has 1 unspecified atom stereocenters. The minimum absolute atomic E-state index is 0.111. The lowest BCUT2D eigenvalue weighted by Crippen LogP contribution is -2.34. The first-order chi connectivity index (χ1) is 4.65. The second-order valence-electron chi connectivity index (χ2n) is 2.02. The van der Waals surface area contributed by atoms with Gasteiger partial charge in [0.2, 0.25) is 0 Å². The maximum absolute atomic E-state index is 10.4. The Hall–Kier alpha value is -0.830. The van der Waals surface area contributed by atoms with Crippen LogP contribution in [0.5, 0.6) is 0 Å². The van der Waals surface area contributed by atoms with Crippen molar-refractivity contribution in [1.29, 1.82) is 0 Å². The van der Waals surface area contributed by atoms with Crippen LogP contribution in [0.4, 0.5) is 0 Å². The van der Waals surface area contributed by atoms with Gasteiger partial charge >= 0.3 is 5.97 Å². The van der Waals surface area contributed by atoms with Crippen molar-refractivity contribution in [3.8, 4) is 0 Å². The Bertz CT molecular complexity index is 212. The molecule has 0 aromatic rings. The van der Waals surface area contributed by atoms with Crippen LogP contribution in [0.3, 0.4) is 0 Å². The second kappa shape index (κ2) is 2.42. The molecule has 0 spiro atoms. The number of alkyl halides is 1. The summed E-state index contributed by atoms with van der Waals surface area (Å²) in [4.78, 5) is 12.8. The molecule has 54 valence electrons. The molecule has 1 rings (SSSR count). The molecule has 10 heavy (non-hydrogen) atoms. The van der Waals surface area contributed by atoms with Gasteiger partial charge in [0.25, 0.3) is 0 Å². The minimum atomic E-state index is -1.31. The molecule has 0 aromatic carbocycles. The third kappa shape index (κ3) is 1.19. The van der Waals surface area contributed by atoms with Gasteiger partial charge in [-0.15, -0.1) is 0 Å². The van der Waals surface area contributed by atoms with Crippen LogP contribution < -0.4 is 0 Å². The molecule has 0 saturated heterocycles. The second-order valence-corrected chi connectivity index (χ2v) is 2.69. The SMILES string of the molecule is O=C(O)C1(Cl)C=CC=NC1. The molecule has 4 heteroatoms. The summed E-state index contributed by atoms with van der Waals surface area (Å²) in [6, 6.07) is 0. The number of carboxylic acids is 1. The summed E-state index contributed by atoms with van der Waals surface area (Å²) in [5, 5.41) is 8.54. The molecular formula is C6H6ClNO2. The lowest BCUT2D eigenvalue weighted by molar-refractivity contribution is -0.138. The van der Waals surface area contributed by atoms with E-state index in [9.17, 15) is 4.79 Å². The number of carbonyl (C=O) groups is 1. The Kier molecular flexibility index (Phi) is 1.76. The van der Waals surface area contributed by atoms with Crippen LogP contribution in [0.25, 0.3) is 0 Å². The Morgan fingerprint density at radius 2 is 2.50 bits per heavy atom. The molecule has 1 aliphatic rings. The van der Waals surface area contributed by atoms with Crippen LogP contribution in [0.15, 0.2) is 17.1 Å². The Labute approximate surface area is 63.0 Å². The number of allylic oxidation sites excluding steroid dienone is 1. The van der Waals surface area contributed by atoms with Gasteiger partial charge in [0.15, 0.2) is 4.87 Å². The molecule has 0 aliphatic carbocycles. The summed E-state index contributed by atoms with van der Waals surface area (Å²) >= 11 is 5.61. The monoisotopic (exact) mass is 159 g/mol. The number of hydrogen-bond donors (Lipinski definition) is 1. The van der Waals surface area contributed by atoms with E-state index in [1.165, 1.54) is 18.4 Å². The summed E-state index contributed by atoms with van der Waals surface area (Å²) in [5.74, 6) is -1.05. The van der Waals surface area contributed by atoms with Crippen LogP contribution in [0, 0.1) is 0 Å². The third-order valence-electron chi connectivity index (χ3n) is 1.23. The van der Waals surface area contributed by atoms with E-state index in [4.69, 9.17) is 16.7 Å². The Morgan fingerprint density at radius 1 is 1.80 bits per heavy atom. The van der Waals surface area contributed by atoms with Crippen molar-refractivity contribution in [3.05, 3.63) is 12.2 Å². The minimum Gasteiger partial charge on any atom is -0.480 e. The van der Waals surface area contributed by atoms with Crippen LogP contribution in [0.1, 0.15) is 0 Å². The fourth-order valence-electron chi connectivity index (χ4n) is 0.634. The number of nitrogens with zero attached hydrogens (tertiary/aromatic N) is 1. The van der Waals surface area contributed by atoms with Crippen LogP contribution >= 0.6 is 11.6 Å². The molecule has 0 amide bonds. The van der Waals surface area contributed by atoms with Crippen LogP contribution in [-0.4, -0.2) is 28.7 Å². The standard InChI is InChI=1S/C6H6ClNO2/c7-6(5(9)10)2-1-3-8-4-6/h1-3H,4H2,(H,9,10). The summed E-state index contributed by atoms with van der Waals surface area (Å²) < 4.78 is 0. The third-order valence-corrected chi connectivity index (χ3v) is 1.64. The predicted octanol–water partition coefficient (Wildman–Crippen LogP) is 0.689. The number of dihydropyridines is 1. The summed E-state index contributed by atoms with van der Waals surface area (Å²) in [6.07, 6.45) is 4.48. The highest BCUT2D eigenvalue weighted by Gasteiger charge is 2.33. The van der Waals surface area contributed by atoms with Crippen molar-refractivity contribution in [2.24, 2.45) is 4.99 Å². The van der Waals surface area contributed by atoms with Crippen LogP contribution in [-0.2, 0) is 4.79 Å². The van der Waals surface area contributed by atoms with E-state index in [0.717, 1.165) is 0 Å². The highest BCUT2D eigenvalue weighted by molar-refractivity contribution is 6.36. The van der Waals surface area contributed by atoms with Gasteiger partial charge in [-0.1, -0.05) is 11.6 Å². The van der Waals surface area contributed by atoms with Gasteiger partial charge in [0.05, 0.1) is 6.54 Å². The zero-order chi connectivity index (χ0) is 7.61. The topological polar surface area (TPSA) is 49.7 Å². The molecule has 0 bridgehead atoms. The molecule has 0 saturated carbocycles.